The number of imidazole rings is 1. The average Bonchev–Trinajstić information content (AvgIpc) is 3.47. The fourth-order valence-corrected chi connectivity index (χ4v) is 4.66. The highest BCUT2D eigenvalue weighted by Crippen LogP contribution is 2.38. The third-order valence-corrected chi connectivity index (χ3v) is 6.16. The Morgan fingerprint density at radius 2 is 2.10 bits per heavy atom. The molecule has 6 rings (SSSR count). The van der Waals surface area contributed by atoms with Crippen molar-refractivity contribution in [2.45, 2.75) is 18.9 Å². The van der Waals surface area contributed by atoms with Gasteiger partial charge in [-0.3, -0.25) is 9.38 Å². The van der Waals surface area contributed by atoms with Crippen molar-refractivity contribution in [3.63, 3.8) is 0 Å². The Kier molecular flexibility index (Phi) is 3.89. The Bertz CT molecular complexity index is 1460. The minimum absolute atomic E-state index is 0.225. The highest BCUT2D eigenvalue weighted by Gasteiger charge is 2.24. The molecule has 7 nitrogen and oxygen atoms in total. The van der Waals surface area contributed by atoms with Crippen LogP contribution in [0.1, 0.15) is 23.6 Å². The maximum Gasteiger partial charge on any atom is 0.157 e. The number of fused-ring (bicyclic) bond motifs is 3. The molecule has 2 aromatic carbocycles. The van der Waals surface area contributed by atoms with Crippen LogP contribution in [0.4, 0.5) is 11.5 Å². The van der Waals surface area contributed by atoms with E-state index in [9.17, 15) is 4.91 Å². The van der Waals surface area contributed by atoms with Crippen LogP contribution in [-0.2, 0) is 13.5 Å². The normalized spacial score (nSPS) is 15.5. The second-order valence-corrected chi connectivity index (χ2v) is 7.98. The van der Waals surface area contributed by atoms with Gasteiger partial charge in [0.25, 0.3) is 0 Å². The van der Waals surface area contributed by atoms with Gasteiger partial charge in [-0.1, -0.05) is 29.4 Å². The predicted molar refractivity (Wildman–Crippen MR) is 121 cm³/mol. The van der Waals surface area contributed by atoms with Crippen LogP contribution in [0.25, 0.3) is 27.8 Å². The maximum absolute atomic E-state index is 11.1. The molecular formula is C24H20N6O. The minimum atomic E-state index is -0.225. The lowest BCUT2D eigenvalue weighted by Gasteiger charge is -2.11. The highest BCUT2D eigenvalue weighted by atomic mass is 16.3. The Hall–Kier alpha value is -4.00. The summed E-state index contributed by atoms with van der Waals surface area (Å²) in [6.45, 7) is 0. The molecule has 0 amide bonds. The molecule has 1 aliphatic carbocycles. The van der Waals surface area contributed by atoms with Crippen molar-refractivity contribution in [2.75, 3.05) is 5.32 Å². The summed E-state index contributed by atoms with van der Waals surface area (Å²) in [5, 5.41) is 8.00. The van der Waals surface area contributed by atoms with Crippen LogP contribution in [0.3, 0.4) is 0 Å². The number of hydrogen-bond acceptors (Lipinski definition) is 5. The monoisotopic (exact) mass is 408 g/mol. The first-order chi connectivity index (χ1) is 15.2. The minimum Gasteiger partial charge on any atom is -0.350 e. The lowest BCUT2D eigenvalue weighted by Crippen LogP contribution is -1.98. The summed E-state index contributed by atoms with van der Waals surface area (Å²) in [4.78, 5) is 20.2. The van der Waals surface area contributed by atoms with Crippen LogP contribution in [0, 0.1) is 4.91 Å². The first-order valence-corrected chi connectivity index (χ1v) is 10.3. The van der Waals surface area contributed by atoms with Crippen LogP contribution in [-0.4, -0.2) is 18.9 Å². The maximum atomic E-state index is 11.1. The molecule has 1 N–H and O–H groups in total. The summed E-state index contributed by atoms with van der Waals surface area (Å²) in [7, 11) is 2.05. The predicted octanol–water partition coefficient (Wildman–Crippen LogP) is 5.39. The van der Waals surface area contributed by atoms with E-state index in [2.05, 4.69) is 44.4 Å². The Morgan fingerprint density at radius 3 is 3.00 bits per heavy atom. The van der Waals surface area contributed by atoms with E-state index in [4.69, 9.17) is 4.98 Å². The molecule has 0 aliphatic heterocycles. The van der Waals surface area contributed by atoms with E-state index in [1.807, 2.05) is 41.9 Å². The van der Waals surface area contributed by atoms with E-state index in [0.29, 0.717) is 0 Å². The van der Waals surface area contributed by atoms with Crippen LogP contribution in [0.15, 0.2) is 72.4 Å². The van der Waals surface area contributed by atoms with Gasteiger partial charge in [-0.25, -0.2) is 4.98 Å². The number of aromatic nitrogens is 4. The Balaban J connectivity index is 1.51. The molecule has 1 atom stereocenters. The van der Waals surface area contributed by atoms with E-state index in [-0.39, 0.29) is 6.04 Å². The fraction of sp³-hybridized carbons (Fsp3) is 0.167. The van der Waals surface area contributed by atoms with Gasteiger partial charge in [0.2, 0.25) is 0 Å². The third kappa shape index (κ3) is 2.73. The Morgan fingerprint density at radius 1 is 1.19 bits per heavy atom. The molecule has 31 heavy (non-hydrogen) atoms. The van der Waals surface area contributed by atoms with Gasteiger partial charge in [0, 0.05) is 47.8 Å². The quantitative estimate of drug-likeness (QED) is 0.405. The molecule has 3 aromatic heterocycles. The first-order valence-electron chi connectivity index (χ1n) is 10.3. The summed E-state index contributed by atoms with van der Waals surface area (Å²) in [5.41, 5.74) is 7.05. The summed E-state index contributed by atoms with van der Waals surface area (Å²) in [6, 6.07) is 14.2. The van der Waals surface area contributed by atoms with E-state index in [0.717, 1.165) is 57.7 Å². The van der Waals surface area contributed by atoms with Crippen LogP contribution < -0.4 is 5.32 Å². The molecule has 0 saturated heterocycles. The standard InChI is InChI=1S/C24H20N6O/c1-29-14-19(18-4-2-3-5-21(18)29)23-24(30-11-10-25-13-22(30)27-23)26-16-7-8-17-15(12-16)6-9-20(17)28-31/h2-5,7-8,10-14,20,26H,6,9H2,1H3. The molecular weight excluding hydrogens is 388 g/mol. The van der Waals surface area contributed by atoms with Crippen molar-refractivity contribution in [3.05, 3.63) is 83.3 Å². The second kappa shape index (κ2) is 6.77. The first kappa shape index (κ1) is 17.8. The zero-order valence-corrected chi connectivity index (χ0v) is 17.0. The van der Waals surface area contributed by atoms with Crippen LogP contribution in [0.2, 0.25) is 0 Å². The van der Waals surface area contributed by atoms with Crippen LogP contribution in [0.5, 0.6) is 0 Å². The van der Waals surface area contributed by atoms with Crippen molar-refractivity contribution in [2.24, 2.45) is 12.2 Å². The molecule has 0 radical (unpaired) electrons. The number of para-hydroxylation sites is 1. The zero-order chi connectivity index (χ0) is 20.9. The van der Waals surface area contributed by atoms with E-state index in [1.165, 1.54) is 5.56 Å². The van der Waals surface area contributed by atoms with Crippen molar-refractivity contribution < 1.29 is 0 Å². The van der Waals surface area contributed by atoms with Gasteiger partial charge in [0.15, 0.2) is 5.65 Å². The number of nitrogens with zero attached hydrogens (tertiary/aromatic N) is 5. The molecule has 0 saturated carbocycles. The number of aryl methyl sites for hydroxylation is 2. The smallest absolute Gasteiger partial charge is 0.157 e. The van der Waals surface area contributed by atoms with Crippen molar-refractivity contribution in [1.82, 2.24) is 18.9 Å². The summed E-state index contributed by atoms with van der Waals surface area (Å²) < 4.78 is 4.14. The molecule has 0 bridgehead atoms. The number of nitrogens with one attached hydrogen (secondary N) is 1. The van der Waals surface area contributed by atoms with E-state index >= 15 is 0 Å². The van der Waals surface area contributed by atoms with Gasteiger partial charge >= 0.3 is 0 Å². The molecule has 0 spiro atoms. The van der Waals surface area contributed by atoms with Crippen LogP contribution >= 0.6 is 0 Å². The molecule has 0 fully saturated rings. The van der Waals surface area contributed by atoms with Gasteiger partial charge in [0.1, 0.15) is 17.6 Å². The van der Waals surface area contributed by atoms with E-state index < -0.39 is 0 Å². The van der Waals surface area contributed by atoms with Gasteiger partial charge in [-0.2, -0.15) is 4.91 Å². The lowest BCUT2D eigenvalue weighted by molar-refractivity contribution is 0.710. The van der Waals surface area contributed by atoms with Gasteiger partial charge in [-0.05, 0) is 42.2 Å². The molecule has 152 valence electrons. The summed E-state index contributed by atoms with van der Waals surface area (Å²) in [6.07, 6.45) is 9.21. The molecule has 5 aromatic rings. The number of rotatable bonds is 4. The lowest BCUT2D eigenvalue weighted by atomic mass is 10.1. The molecule has 1 unspecified atom stereocenters. The summed E-state index contributed by atoms with van der Waals surface area (Å²) >= 11 is 0. The summed E-state index contributed by atoms with van der Waals surface area (Å²) in [5.74, 6) is 0.886. The second-order valence-electron chi connectivity index (χ2n) is 7.98. The third-order valence-electron chi connectivity index (χ3n) is 6.16. The van der Waals surface area contributed by atoms with Gasteiger partial charge in [0.05, 0.1) is 6.20 Å². The molecule has 3 heterocycles. The zero-order valence-electron chi connectivity index (χ0n) is 17.0. The van der Waals surface area contributed by atoms with E-state index in [1.54, 1.807) is 12.4 Å². The number of anilines is 2. The molecule has 1 aliphatic rings. The van der Waals surface area contributed by atoms with Crippen molar-refractivity contribution in [3.8, 4) is 11.3 Å². The van der Waals surface area contributed by atoms with Gasteiger partial charge < -0.3 is 9.88 Å². The largest absolute Gasteiger partial charge is 0.350 e. The Labute approximate surface area is 178 Å². The fourth-order valence-electron chi connectivity index (χ4n) is 4.66. The van der Waals surface area contributed by atoms with Crippen molar-refractivity contribution >= 4 is 28.1 Å². The van der Waals surface area contributed by atoms with Gasteiger partial charge in [-0.15, -0.1) is 0 Å². The SMILES string of the molecule is Cn1cc(-c2nc3cnccn3c2Nc2ccc3c(c2)CCC3N=O)c2ccccc21. The highest BCUT2D eigenvalue weighted by molar-refractivity contribution is 5.98. The topological polar surface area (TPSA) is 76.6 Å². The number of hydrogen-bond donors (Lipinski definition) is 1. The average molecular weight is 408 g/mol. The number of nitroso groups, excluding NO2 is 1. The number of benzene rings is 2. The van der Waals surface area contributed by atoms with Crippen molar-refractivity contribution in [1.29, 1.82) is 0 Å². The molecule has 7 heteroatoms.